The summed E-state index contributed by atoms with van der Waals surface area (Å²) in [6.45, 7) is 7.74. The molecule has 2 aromatic carbocycles. The number of nitro benzene ring substituents is 1. The van der Waals surface area contributed by atoms with Gasteiger partial charge in [0.25, 0.3) is 5.69 Å². The van der Waals surface area contributed by atoms with Crippen molar-refractivity contribution in [3.05, 3.63) is 76.0 Å². The average Bonchev–Trinajstić information content (AvgIpc) is 2.98. The Morgan fingerprint density at radius 2 is 1.83 bits per heavy atom. The third-order valence-electron chi connectivity index (χ3n) is 4.05. The van der Waals surface area contributed by atoms with E-state index < -0.39 is 16.4 Å². The fourth-order valence-electron chi connectivity index (χ4n) is 2.65. The molecule has 0 amide bonds. The van der Waals surface area contributed by atoms with E-state index in [-0.39, 0.29) is 11.3 Å². The molecule has 3 aromatic rings. The van der Waals surface area contributed by atoms with Crippen LogP contribution in [0, 0.1) is 17.0 Å². The summed E-state index contributed by atoms with van der Waals surface area (Å²) in [5.74, 6) is -0.352. The molecule has 0 fully saturated rings. The van der Waals surface area contributed by atoms with Crippen molar-refractivity contribution in [3.8, 4) is 5.88 Å². The number of aryl methyl sites for hydroxylation is 1. The first-order chi connectivity index (χ1) is 13.7. The number of nitrogens with zero attached hydrogens (tertiary/aromatic N) is 3. The van der Waals surface area contributed by atoms with E-state index in [0.29, 0.717) is 5.88 Å². The molecule has 0 unspecified atom stereocenters. The first-order valence-corrected chi connectivity index (χ1v) is 9.78. The highest BCUT2D eigenvalue weighted by Gasteiger charge is 2.28. The van der Waals surface area contributed by atoms with Crippen molar-refractivity contribution in [3.63, 3.8) is 0 Å². The molecule has 150 valence electrons. The average molecular weight is 411 g/mol. The van der Waals surface area contributed by atoms with Crippen molar-refractivity contribution >= 4 is 23.4 Å². The van der Waals surface area contributed by atoms with Crippen molar-refractivity contribution in [2.45, 2.75) is 43.0 Å². The van der Waals surface area contributed by atoms with Gasteiger partial charge in [-0.2, -0.15) is 5.10 Å². The van der Waals surface area contributed by atoms with E-state index in [9.17, 15) is 14.9 Å². The molecular formula is C21H21N3O4S. The number of hydrogen-bond acceptors (Lipinski definition) is 6. The molecule has 1 heterocycles. The molecule has 0 radical (unpaired) electrons. The van der Waals surface area contributed by atoms with E-state index in [4.69, 9.17) is 4.74 Å². The molecule has 0 N–H and O–H groups in total. The van der Waals surface area contributed by atoms with Gasteiger partial charge in [-0.1, -0.05) is 36.0 Å². The number of rotatable bonds is 5. The first kappa shape index (κ1) is 20.6. The molecule has 0 aliphatic rings. The zero-order valence-electron chi connectivity index (χ0n) is 16.6. The lowest BCUT2D eigenvalue weighted by Crippen LogP contribution is -2.25. The molecule has 0 saturated carbocycles. The molecule has 3 rings (SSSR count). The first-order valence-electron chi connectivity index (χ1n) is 8.96. The molecule has 8 heteroatoms. The minimum Gasteiger partial charge on any atom is -0.403 e. The van der Waals surface area contributed by atoms with Crippen molar-refractivity contribution in [2.75, 3.05) is 0 Å². The number of non-ortho nitro benzene ring substituents is 1. The summed E-state index contributed by atoms with van der Waals surface area (Å²) in [4.78, 5) is 25.0. The minimum absolute atomic E-state index is 0.106. The van der Waals surface area contributed by atoms with Gasteiger partial charge in [0.2, 0.25) is 5.88 Å². The molecule has 7 nitrogen and oxygen atoms in total. The Balaban J connectivity index is 2.01. The fraction of sp³-hybridized carbons (Fsp3) is 0.238. The molecule has 0 aliphatic carbocycles. The molecule has 0 aliphatic heterocycles. The zero-order valence-corrected chi connectivity index (χ0v) is 17.4. The Hall–Kier alpha value is -3.13. The van der Waals surface area contributed by atoms with Crippen molar-refractivity contribution < 1.29 is 14.5 Å². The normalized spacial score (nSPS) is 11.3. The molecule has 0 bridgehead atoms. The van der Waals surface area contributed by atoms with E-state index in [1.807, 2.05) is 58.0 Å². The third-order valence-corrected chi connectivity index (χ3v) is 5.23. The largest absolute Gasteiger partial charge is 0.403 e. The van der Waals surface area contributed by atoms with Gasteiger partial charge >= 0.3 is 5.97 Å². The third kappa shape index (κ3) is 4.65. The second kappa shape index (κ2) is 8.08. The van der Waals surface area contributed by atoms with Gasteiger partial charge < -0.3 is 4.74 Å². The molecule has 0 saturated heterocycles. The van der Waals surface area contributed by atoms with Gasteiger partial charge in [0.1, 0.15) is 0 Å². The summed E-state index contributed by atoms with van der Waals surface area (Å²) < 4.78 is 7.40. The summed E-state index contributed by atoms with van der Waals surface area (Å²) in [5.41, 5.74) is 0.238. The quantitative estimate of drug-likeness (QED) is 0.325. The van der Waals surface area contributed by atoms with Crippen LogP contribution in [-0.2, 0) is 5.54 Å². The van der Waals surface area contributed by atoms with Crippen LogP contribution >= 0.6 is 11.8 Å². The summed E-state index contributed by atoms with van der Waals surface area (Å²) in [7, 11) is 0. The maximum atomic E-state index is 12.8. The number of carbonyl (C=O) groups is 1. The Kier molecular flexibility index (Phi) is 5.74. The van der Waals surface area contributed by atoms with Crippen LogP contribution in [0.5, 0.6) is 5.88 Å². The summed E-state index contributed by atoms with van der Waals surface area (Å²) >= 11 is 1.45. The van der Waals surface area contributed by atoms with Gasteiger partial charge in [-0.3, -0.25) is 10.1 Å². The van der Waals surface area contributed by atoms with Crippen LogP contribution in [-0.4, -0.2) is 20.7 Å². The van der Waals surface area contributed by atoms with E-state index in [2.05, 4.69) is 5.10 Å². The molecule has 29 heavy (non-hydrogen) atoms. The highest BCUT2D eigenvalue weighted by Crippen LogP contribution is 2.40. The van der Waals surface area contributed by atoms with Crippen molar-refractivity contribution in [2.24, 2.45) is 0 Å². The standard InChI is InChI=1S/C21H21N3O4S/c1-14-18(29-17-11-6-5-7-12-17)19(23(22-14)21(2,3)4)28-20(25)15-9-8-10-16(13-15)24(26)27/h5-13H,1-4H3. The van der Waals surface area contributed by atoms with Gasteiger partial charge in [0, 0.05) is 17.0 Å². The lowest BCUT2D eigenvalue weighted by atomic mass is 10.1. The Morgan fingerprint density at radius 3 is 2.45 bits per heavy atom. The fourth-order valence-corrected chi connectivity index (χ4v) is 3.59. The summed E-state index contributed by atoms with van der Waals surface area (Å²) in [5, 5.41) is 15.6. The van der Waals surface area contributed by atoms with E-state index in [1.165, 1.54) is 36.0 Å². The number of benzene rings is 2. The van der Waals surface area contributed by atoms with Gasteiger partial charge in [-0.25, -0.2) is 9.48 Å². The highest BCUT2D eigenvalue weighted by atomic mass is 32.2. The van der Waals surface area contributed by atoms with Crippen LogP contribution in [0.2, 0.25) is 0 Å². The molecule has 0 spiro atoms. The zero-order chi connectivity index (χ0) is 21.2. The summed E-state index contributed by atoms with van der Waals surface area (Å²) in [6.07, 6.45) is 0. The number of nitro groups is 1. The maximum absolute atomic E-state index is 12.8. The van der Waals surface area contributed by atoms with Crippen molar-refractivity contribution in [1.82, 2.24) is 9.78 Å². The number of carbonyl (C=O) groups excluding carboxylic acids is 1. The second-order valence-corrected chi connectivity index (χ2v) is 8.50. The van der Waals surface area contributed by atoms with Crippen molar-refractivity contribution in [1.29, 1.82) is 0 Å². The van der Waals surface area contributed by atoms with Crippen LogP contribution in [0.15, 0.2) is 64.4 Å². The van der Waals surface area contributed by atoms with E-state index in [0.717, 1.165) is 15.5 Å². The molecular weight excluding hydrogens is 390 g/mol. The number of ether oxygens (including phenoxy) is 1. The van der Waals surface area contributed by atoms with Crippen LogP contribution in [0.25, 0.3) is 0 Å². The predicted molar refractivity (Wildman–Crippen MR) is 111 cm³/mol. The lowest BCUT2D eigenvalue weighted by molar-refractivity contribution is -0.384. The van der Waals surface area contributed by atoms with Crippen LogP contribution in [0.1, 0.15) is 36.8 Å². The summed E-state index contributed by atoms with van der Waals surface area (Å²) in [6, 6.07) is 15.2. The van der Waals surface area contributed by atoms with E-state index >= 15 is 0 Å². The molecule has 0 atom stereocenters. The monoisotopic (exact) mass is 411 g/mol. The van der Waals surface area contributed by atoms with Gasteiger partial charge in [-0.15, -0.1) is 0 Å². The maximum Gasteiger partial charge on any atom is 0.345 e. The smallest absolute Gasteiger partial charge is 0.345 e. The lowest BCUT2D eigenvalue weighted by Gasteiger charge is -2.22. The van der Waals surface area contributed by atoms with Crippen LogP contribution in [0.4, 0.5) is 5.69 Å². The Labute approximate surface area is 172 Å². The second-order valence-electron chi connectivity index (χ2n) is 7.41. The van der Waals surface area contributed by atoms with Crippen LogP contribution < -0.4 is 4.74 Å². The number of esters is 1. The predicted octanol–water partition coefficient (Wildman–Crippen LogP) is 5.23. The van der Waals surface area contributed by atoms with Gasteiger partial charge in [0.05, 0.1) is 26.6 Å². The van der Waals surface area contributed by atoms with Gasteiger partial charge in [-0.05, 0) is 45.9 Å². The Bertz CT molecular complexity index is 1060. The topological polar surface area (TPSA) is 87.3 Å². The molecule has 1 aromatic heterocycles. The SMILES string of the molecule is Cc1nn(C(C)(C)C)c(OC(=O)c2cccc([N+](=O)[O-])c2)c1Sc1ccccc1. The highest BCUT2D eigenvalue weighted by molar-refractivity contribution is 7.99. The van der Waals surface area contributed by atoms with E-state index in [1.54, 1.807) is 4.68 Å². The number of hydrogen-bond donors (Lipinski definition) is 0. The minimum atomic E-state index is -0.672. The number of aromatic nitrogens is 2. The Morgan fingerprint density at radius 1 is 1.14 bits per heavy atom. The van der Waals surface area contributed by atoms with Gasteiger partial charge in [0.15, 0.2) is 0 Å². The van der Waals surface area contributed by atoms with Crippen LogP contribution in [0.3, 0.4) is 0 Å².